The monoisotopic (exact) mass is 254 g/mol. The van der Waals surface area contributed by atoms with Crippen LogP contribution < -0.4 is 9.47 Å². The Bertz CT molecular complexity index is 398. The van der Waals surface area contributed by atoms with Gasteiger partial charge in [-0.15, -0.1) is 0 Å². The Morgan fingerprint density at radius 2 is 1.78 bits per heavy atom. The van der Waals surface area contributed by atoms with E-state index in [9.17, 15) is 4.79 Å². The van der Waals surface area contributed by atoms with Crippen molar-refractivity contribution in [3.63, 3.8) is 0 Å². The molecule has 0 atom stereocenters. The van der Waals surface area contributed by atoms with Crippen LogP contribution >= 0.6 is 0 Å². The van der Waals surface area contributed by atoms with Crippen molar-refractivity contribution >= 4 is 5.78 Å². The van der Waals surface area contributed by atoms with Crippen LogP contribution in [0.1, 0.15) is 16.8 Å². The molecule has 0 saturated heterocycles. The van der Waals surface area contributed by atoms with Crippen molar-refractivity contribution in [2.45, 2.75) is 12.7 Å². The van der Waals surface area contributed by atoms with Crippen LogP contribution in [0, 0.1) is 0 Å². The first-order valence-electron chi connectivity index (χ1n) is 5.47. The van der Waals surface area contributed by atoms with E-state index in [-0.39, 0.29) is 12.2 Å². The van der Waals surface area contributed by atoms with E-state index in [0.717, 1.165) is 0 Å². The summed E-state index contributed by atoms with van der Waals surface area (Å²) in [7, 11) is 6.04. The van der Waals surface area contributed by atoms with Gasteiger partial charge in [0.1, 0.15) is 11.5 Å². The Labute approximate surface area is 107 Å². The summed E-state index contributed by atoms with van der Waals surface area (Å²) in [5, 5.41) is 0. The molecule has 1 aromatic carbocycles. The zero-order valence-electron chi connectivity index (χ0n) is 11.1. The number of ether oxygens (including phenoxy) is 4. The Morgan fingerprint density at radius 3 is 2.28 bits per heavy atom. The van der Waals surface area contributed by atoms with Crippen molar-refractivity contribution in [3.8, 4) is 11.5 Å². The molecule has 0 amide bonds. The van der Waals surface area contributed by atoms with Gasteiger partial charge in [0.2, 0.25) is 0 Å². The predicted octanol–water partition coefficient (Wildman–Crippen LogP) is 1.90. The molecular weight excluding hydrogens is 236 g/mol. The number of ketones is 1. The largest absolute Gasteiger partial charge is 0.497 e. The number of benzene rings is 1. The van der Waals surface area contributed by atoms with E-state index in [0.29, 0.717) is 17.1 Å². The highest BCUT2D eigenvalue weighted by Crippen LogP contribution is 2.25. The van der Waals surface area contributed by atoms with Gasteiger partial charge in [-0.2, -0.15) is 0 Å². The molecule has 0 unspecified atom stereocenters. The van der Waals surface area contributed by atoms with Gasteiger partial charge in [-0.1, -0.05) is 0 Å². The van der Waals surface area contributed by atoms with Crippen molar-refractivity contribution in [1.82, 2.24) is 0 Å². The van der Waals surface area contributed by atoms with Crippen LogP contribution in [0.3, 0.4) is 0 Å². The Hall–Kier alpha value is -1.59. The average Bonchev–Trinajstić information content (AvgIpc) is 2.43. The van der Waals surface area contributed by atoms with E-state index in [1.807, 2.05) is 0 Å². The van der Waals surface area contributed by atoms with Crippen LogP contribution in [0.25, 0.3) is 0 Å². The Kier molecular flexibility index (Phi) is 5.61. The van der Waals surface area contributed by atoms with E-state index in [1.165, 1.54) is 21.3 Å². The predicted molar refractivity (Wildman–Crippen MR) is 66.3 cm³/mol. The molecule has 1 rings (SSSR count). The lowest BCUT2D eigenvalue weighted by atomic mass is 10.1. The van der Waals surface area contributed by atoms with Gasteiger partial charge in [0.15, 0.2) is 12.1 Å². The number of carbonyl (C=O) groups is 1. The normalized spacial score (nSPS) is 10.5. The molecule has 5 heteroatoms. The second kappa shape index (κ2) is 6.98. The molecule has 100 valence electrons. The molecule has 0 radical (unpaired) electrons. The summed E-state index contributed by atoms with van der Waals surface area (Å²) in [5.74, 6) is 0.983. The maximum absolute atomic E-state index is 12.1. The van der Waals surface area contributed by atoms with E-state index in [4.69, 9.17) is 18.9 Å². The third-order valence-electron chi connectivity index (χ3n) is 2.58. The minimum Gasteiger partial charge on any atom is -0.497 e. The smallest absolute Gasteiger partial charge is 0.171 e. The van der Waals surface area contributed by atoms with Crippen molar-refractivity contribution in [3.05, 3.63) is 23.8 Å². The maximum atomic E-state index is 12.1. The van der Waals surface area contributed by atoms with Gasteiger partial charge in [-0.25, -0.2) is 0 Å². The fraction of sp³-hybridized carbons (Fsp3) is 0.462. The number of hydrogen-bond donors (Lipinski definition) is 0. The molecule has 0 aliphatic carbocycles. The van der Waals surface area contributed by atoms with Gasteiger partial charge in [-0.05, 0) is 18.2 Å². The molecule has 0 fully saturated rings. The van der Waals surface area contributed by atoms with Crippen molar-refractivity contribution in [2.24, 2.45) is 0 Å². The van der Waals surface area contributed by atoms with Crippen LogP contribution in [-0.4, -0.2) is 40.5 Å². The Morgan fingerprint density at radius 1 is 1.11 bits per heavy atom. The molecule has 5 nitrogen and oxygen atoms in total. The highest BCUT2D eigenvalue weighted by atomic mass is 16.7. The van der Waals surface area contributed by atoms with Crippen molar-refractivity contribution in [2.75, 3.05) is 28.4 Å². The first kappa shape index (κ1) is 14.5. The van der Waals surface area contributed by atoms with Crippen LogP contribution in [0.15, 0.2) is 18.2 Å². The standard InChI is InChI=1S/C13H18O5/c1-15-9-5-6-12(16-2)10(7-9)11(14)8-13(17-3)18-4/h5-7,13H,8H2,1-4H3. The lowest BCUT2D eigenvalue weighted by Crippen LogP contribution is -2.18. The van der Waals surface area contributed by atoms with Crippen molar-refractivity contribution in [1.29, 1.82) is 0 Å². The van der Waals surface area contributed by atoms with Gasteiger partial charge in [0.05, 0.1) is 26.2 Å². The second-order valence-electron chi connectivity index (χ2n) is 3.59. The highest BCUT2D eigenvalue weighted by Gasteiger charge is 2.18. The van der Waals surface area contributed by atoms with E-state index < -0.39 is 6.29 Å². The summed E-state index contributed by atoms with van der Waals surface area (Å²) in [5.41, 5.74) is 0.455. The van der Waals surface area contributed by atoms with E-state index in [2.05, 4.69) is 0 Å². The Balaban J connectivity index is 2.95. The molecule has 18 heavy (non-hydrogen) atoms. The number of Topliss-reactive ketones (excluding diaryl/α,β-unsaturated/α-hetero) is 1. The summed E-state index contributed by atoms with van der Waals surface area (Å²) in [6, 6.07) is 5.07. The highest BCUT2D eigenvalue weighted by molar-refractivity contribution is 5.99. The van der Waals surface area contributed by atoms with Crippen LogP contribution in [0.5, 0.6) is 11.5 Å². The molecule has 0 spiro atoms. The van der Waals surface area contributed by atoms with Gasteiger partial charge in [0.25, 0.3) is 0 Å². The molecule has 0 aliphatic rings. The van der Waals surface area contributed by atoms with Gasteiger partial charge in [-0.3, -0.25) is 4.79 Å². The third-order valence-corrected chi connectivity index (χ3v) is 2.58. The van der Waals surface area contributed by atoms with Crippen molar-refractivity contribution < 1.29 is 23.7 Å². The second-order valence-corrected chi connectivity index (χ2v) is 3.59. The number of carbonyl (C=O) groups excluding carboxylic acids is 1. The van der Waals surface area contributed by atoms with Gasteiger partial charge in [0, 0.05) is 14.2 Å². The molecule has 1 aromatic rings. The van der Waals surface area contributed by atoms with Crippen LogP contribution in [0.4, 0.5) is 0 Å². The zero-order valence-corrected chi connectivity index (χ0v) is 11.1. The molecule has 0 N–H and O–H groups in total. The summed E-state index contributed by atoms with van der Waals surface area (Å²) in [6.45, 7) is 0. The minimum atomic E-state index is -0.562. The quantitative estimate of drug-likeness (QED) is 0.549. The van der Waals surface area contributed by atoms with Gasteiger partial charge >= 0.3 is 0 Å². The fourth-order valence-corrected chi connectivity index (χ4v) is 1.56. The van der Waals surface area contributed by atoms with Crippen LogP contribution in [-0.2, 0) is 9.47 Å². The van der Waals surface area contributed by atoms with Gasteiger partial charge < -0.3 is 18.9 Å². The van der Waals surface area contributed by atoms with E-state index in [1.54, 1.807) is 25.3 Å². The molecule has 0 aromatic heterocycles. The van der Waals surface area contributed by atoms with Crippen LogP contribution in [0.2, 0.25) is 0 Å². The summed E-state index contributed by atoms with van der Waals surface area (Å²) >= 11 is 0. The average molecular weight is 254 g/mol. The topological polar surface area (TPSA) is 54.0 Å². The number of rotatable bonds is 7. The first-order valence-corrected chi connectivity index (χ1v) is 5.47. The summed E-state index contributed by atoms with van der Waals surface area (Å²) < 4.78 is 20.3. The first-order chi connectivity index (χ1) is 8.65. The molecular formula is C13H18O5. The summed E-state index contributed by atoms with van der Waals surface area (Å²) in [4.78, 5) is 12.1. The maximum Gasteiger partial charge on any atom is 0.171 e. The van der Waals surface area contributed by atoms with E-state index >= 15 is 0 Å². The molecule has 0 bridgehead atoms. The number of methoxy groups -OCH3 is 4. The molecule has 0 saturated carbocycles. The minimum absolute atomic E-state index is 0.122. The molecule has 0 heterocycles. The third kappa shape index (κ3) is 3.45. The SMILES string of the molecule is COc1ccc(OC)c(C(=O)CC(OC)OC)c1. The lowest BCUT2D eigenvalue weighted by molar-refractivity contribution is -0.0993. The summed E-state index contributed by atoms with van der Waals surface area (Å²) in [6.07, 6.45) is -0.440. The molecule has 0 aliphatic heterocycles. The lowest BCUT2D eigenvalue weighted by Gasteiger charge is -2.14. The zero-order chi connectivity index (χ0) is 13.5. The fourth-order valence-electron chi connectivity index (χ4n) is 1.56. The number of hydrogen-bond acceptors (Lipinski definition) is 5.